The summed E-state index contributed by atoms with van der Waals surface area (Å²) in [5, 5.41) is 8.32. The third-order valence-corrected chi connectivity index (χ3v) is 3.17. The Morgan fingerprint density at radius 2 is 2.22 bits per heavy atom. The van der Waals surface area contributed by atoms with Gasteiger partial charge in [-0.05, 0) is 12.1 Å². The number of aromatic nitrogens is 3. The topological polar surface area (TPSA) is 79.7 Å². The van der Waals surface area contributed by atoms with Crippen LogP contribution in [0.1, 0.15) is 0 Å². The second kappa shape index (κ2) is 3.96. The lowest BCUT2D eigenvalue weighted by Crippen LogP contribution is -1.84. The Hall–Kier alpha value is -2.14. The average molecular weight is 263 g/mol. The van der Waals surface area contributed by atoms with Gasteiger partial charge in [0, 0.05) is 23.2 Å². The molecule has 0 aliphatic carbocycles. The van der Waals surface area contributed by atoms with Crippen LogP contribution in [0.15, 0.2) is 24.4 Å². The van der Waals surface area contributed by atoms with Crippen molar-refractivity contribution in [2.45, 2.75) is 0 Å². The number of fused-ring (bicyclic) bond motifs is 1. The number of nitrogens with one attached hydrogen (secondary N) is 2. The van der Waals surface area contributed by atoms with Gasteiger partial charge in [-0.1, -0.05) is 11.6 Å². The Balaban J connectivity index is 2.31. The molecule has 0 aliphatic heterocycles. The van der Waals surface area contributed by atoms with Crippen molar-refractivity contribution >= 4 is 28.3 Å². The lowest BCUT2D eigenvalue weighted by atomic mass is 10.1. The maximum Gasteiger partial charge on any atom is 0.145 e. The van der Waals surface area contributed by atoms with E-state index in [2.05, 4.69) is 15.2 Å². The van der Waals surface area contributed by atoms with E-state index < -0.39 is 0 Å². The molecule has 0 unspecified atom stereocenters. The number of hydrogen-bond donors (Lipinski definition) is 3. The minimum atomic E-state index is 0.443. The van der Waals surface area contributed by atoms with Crippen LogP contribution < -0.4 is 10.5 Å². The summed E-state index contributed by atoms with van der Waals surface area (Å²) >= 11 is 6.25. The zero-order valence-electron chi connectivity index (χ0n) is 9.62. The number of nitrogens with two attached hydrogens (primary N) is 1. The molecule has 0 radical (unpaired) electrons. The number of benzene rings is 1. The van der Waals surface area contributed by atoms with Crippen LogP contribution in [0.2, 0.25) is 5.02 Å². The number of hydrogen-bond acceptors (Lipinski definition) is 3. The van der Waals surface area contributed by atoms with Crippen LogP contribution in [0, 0.1) is 0 Å². The first-order valence-corrected chi connectivity index (χ1v) is 5.73. The second-order valence-electron chi connectivity index (χ2n) is 3.91. The second-order valence-corrected chi connectivity index (χ2v) is 4.32. The first-order chi connectivity index (χ1) is 8.70. The highest BCUT2D eigenvalue weighted by Crippen LogP contribution is 2.37. The smallest absolute Gasteiger partial charge is 0.145 e. The molecule has 1 aromatic carbocycles. The summed E-state index contributed by atoms with van der Waals surface area (Å²) < 4.78 is 5.30. The van der Waals surface area contributed by atoms with Gasteiger partial charge in [-0.3, -0.25) is 5.10 Å². The first-order valence-electron chi connectivity index (χ1n) is 5.35. The van der Waals surface area contributed by atoms with Crippen LogP contribution in [0.3, 0.4) is 0 Å². The van der Waals surface area contributed by atoms with E-state index in [1.54, 1.807) is 19.2 Å². The predicted molar refractivity (Wildman–Crippen MR) is 71.9 cm³/mol. The summed E-state index contributed by atoms with van der Waals surface area (Å²) in [4.78, 5) is 3.16. The normalized spacial score (nSPS) is 11.0. The summed E-state index contributed by atoms with van der Waals surface area (Å²) in [5.41, 5.74) is 8.20. The molecule has 0 amide bonds. The molecule has 3 aromatic rings. The molecule has 5 nitrogen and oxygen atoms in total. The highest BCUT2D eigenvalue weighted by molar-refractivity contribution is 6.36. The molecule has 0 fully saturated rings. The van der Waals surface area contributed by atoms with E-state index in [1.165, 1.54) is 0 Å². The Bertz CT molecular complexity index is 716. The molecule has 0 aliphatic rings. The molecule has 92 valence electrons. The summed E-state index contributed by atoms with van der Waals surface area (Å²) in [7, 11) is 1.62. The van der Waals surface area contributed by atoms with Gasteiger partial charge in [-0.15, -0.1) is 0 Å². The number of ether oxygens (including phenoxy) is 1. The third kappa shape index (κ3) is 1.52. The minimum Gasteiger partial charge on any atom is -0.495 e. The SMILES string of the molecule is COc1ccc(Cl)c2c(-c3cc(N)n[nH]3)c[nH]c12. The van der Waals surface area contributed by atoms with E-state index in [9.17, 15) is 0 Å². The molecule has 0 atom stereocenters. The molecule has 0 saturated carbocycles. The summed E-state index contributed by atoms with van der Waals surface area (Å²) in [5.74, 6) is 1.19. The van der Waals surface area contributed by atoms with E-state index in [-0.39, 0.29) is 0 Å². The van der Waals surface area contributed by atoms with Gasteiger partial charge < -0.3 is 15.5 Å². The van der Waals surface area contributed by atoms with Crippen molar-refractivity contribution in [2.75, 3.05) is 12.8 Å². The highest BCUT2D eigenvalue weighted by Gasteiger charge is 2.14. The molecule has 2 aromatic heterocycles. The fourth-order valence-electron chi connectivity index (χ4n) is 2.04. The fourth-order valence-corrected chi connectivity index (χ4v) is 2.30. The Morgan fingerprint density at radius 1 is 1.39 bits per heavy atom. The number of halogens is 1. The van der Waals surface area contributed by atoms with E-state index in [4.69, 9.17) is 22.1 Å². The van der Waals surface area contributed by atoms with Crippen LogP contribution in [0.4, 0.5) is 5.82 Å². The summed E-state index contributed by atoms with van der Waals surface area (Å²) in [6, 6.07) is 5.39. The van der Waals surface area contributed by atoms with Crippen molar-refractivity contribution in [1.82, 2.24) is 15.2 Å². The van der Waals surface area contributed by atoms with Crippen molar-refractivity contribution in [3.63, 3.8) is 0 Å². The van der Waals surface area contributed by atoms with Crippen molar-refractivity contribution in [3.05, 3.63) is 29.4 Å². The molecule has 4 N–H and O–H groups in total. The number of H-pyrrole nitrogens is 2. The molecule has 0 saturated heterocycles. The Labute approximate surface area is 108 Å². The van der Waals surface area contributed by atoms with Crippen LogP contribution in [-0.2, 0) is 0 Å². The fraction of sp³-hybridized carbons (Fsp3) is 0.0833. The van der Waals surface area contributed by atoms with Crippen LogP contribution >= 0.6 is 11.6 Å². The molecule has 0 spiro atoms. The molecule has 18 heavy (non-hydrogen) atoms. The van der Waals surface area contributed by atoms with Crippen LogP contribution in [-0.4, -0.2) is 22.3 Å². The predicted octanol–water partition coefficient (Wildman–Crippen LogP) is 2.80. The molecule has 0 bridgehead atoms. The molecule has 2 heterocycles. The number of aromatic amines is 2. The van der Waals surface area contributed by atoms with Gasteiger partial charge in [0.15, 0.2) is 0 Å². The van der Waals surface area contributed by atoms with E-state index in [1.807, 2.05) is 12.3 Å². The maximum atomic E-state index is 6.25. The number of methoxy groups -OCH3 is 1. The van der Waals surface area contributed by atoms with Gasteiger partial charge in [0.05, 0.1) is 23.3 Å². The van der Waals surface area contributed by atoms with E-state index in [0.717, 1.165) is 27.9 Å². The van der Waals surface area contributed by atoms with Crippen molar-refractivity contribution in [1.29, 1.82) is 0 Å². The lowest BCUT2D eigenvalue weighted by Gasteiger charge is -2.03. The van der Waals surface area contributed by atoms with Gasteiger partial charge in [-0.2, -0.15) is 5.10 Å². The maximum absolute atomic E-state index is 6.25. The van der Waals surface area contributed by atoms with Crippen molar-refractivity contribution in [3.8, 4) is 17.0 Å². The molecule has 3 rings (SSSR count). The first kappa shape index (κ1) is 11.0. The van der Waals surface area contributed by atoms with Gasteiger partial charge in [0.1, 0.15) is 11.6 Å². The zero-order valence-corrected chi connectivity index (χ0v) is 10.4. The third-order valence-electron chi connectivity index (χ3n) is 2.85. The average Bonchev–Trinajstić information content (AvgIpc) is 2.96. The largest absolute Gasteiger partial charge is 0.495 e. The van der Waals surface area contributed by atoms with Gasteiger partial charge in [0.2, 0.25) is 0 Å². The molecular weight excluding hydrogens is 252 g/mol. The van der Waals surface area contributed by atoms with Gasteiger partial charge >= 0.3 is 0 Å². The number of anilines is 1. The number of rotatable bonds is 2. The van der Waals surface area contributed by atoms with E-state index in [0.29, 0.717) is 10.8 Å². The standard InChI is InChI=1S/C12H11ClN4O/c1-18-9-3-2-7(13)11-6(5-15-12(9)11)8-4-10(14)17-16-8/h2-5,15H,1H3,(H3,14,16,17). The Kier molecular flexibility index (Phi) is 2.41. The zero-order chi connectivity index (χ0) is 12.7. The monoisotopic (exact) mass is 262 g/mol. The minimum absolute atomic E-state index is 0.443. The summed E-state index contributed by atoms with van der Waals surface area (Å²) in [6.45, 7) is 0. The highest BCUT2D eigenvalue weighted by atomic mass is 35.5. The van der Waals surface area contributed by atoms with Crippen LogP contribution in [0.25, 0.3) is 22.2 Å². The molecule has 6 heteroatoms. The molecular formula is C12H11ClN4O. The van der Waals surface area contributed by atoms with Gasteiger partial charge in [0.25, 0.3) is 0 Å². The summed E-state index contributed by atoms with van der Waals surface area (Å²) in [6.07, 6.45) is 1.85. The number of nitrogen functional groups attached to an aromatic ring is 1. The number of nitrogens with zero attached hydrogens (tertiary/aromatic N) is 1. The van der Waals surface area contributed by atoms with Crippen molar-refractivity contribution in [2.24, 2.45) is 0 Å². The van der Waals surface area contributed by atoms with E-state index >= 15 is 0 Å². The van der Waals surface area contributed by atoms with Gasteiger partial charge in [-0.25, -0.2) is 0 Å². The van der Waals surface area contributed by atoms with Crippen LogP contribution in [0.5, 0.6) is 5.75 Å². The lowest BCUT2D eigenvalue weighted by molar-refractivity contribution is 0.419. The Morgan fingerprint density at radius 3 is 2.89 bits per heavy atom. The quantitative estimate of drug-likeness (QED) is 0.664. The van der Waals surface area contributed by atoms with Crippen molar-refractivity contribution < 1.29 is 4.74 Å².